The van der Waals surface area contributed by atoms with Crippen molar-refractivity contribution in [2.45, 2.75) is 44.6 Å². The first kappa shape index (κ1) is 23.0. The zero-order chi connectivity index (χ0) is 21.9. The molecule has 0 spiro atoms. The van der Waals surface area contributed by atoms with Crippen molar-refractivity contribution >= 4 is 29.2 Å². The lowest BCUT2D eigenvalue weighted by Gasteiger charge is -2.27. The Morgan fingerprint density at radius 1 is 1.10 bits per heavy atom. The fraction of sp³-hybridized carbons (Fsp3) is 0.360. The SMILES string of the molecule is O=C(/C=C/c1ccccc1)N[C@H](COc1ccc(C(=S)NO)cc1)CC1CCCCC1. The van der Waals surface area contributed by atoms with E-state index in [-0.39, 0.29) is 16.9 Å². The van der Waals surface area contributed by atoms with Gasteiger partial charge in [0.2, 0.25) is 5.91 Å². The van der Waals surface area contributed by atoms with E-state index >= 15 is 0 Å². The van der Waals surface area contributed by atoms with Crippen LogP contribution in [0.5, 0.6) is 5.75 Å². The maximum atomic E-state index is 12.5. The average Bonchev–Trinajstić information content (AvgIpc) is 2.82. The molecule has 0 radical (unpaired) electrons. The highest BCUT2D eigenvalue weighted by Gasteiger charge is 2.20. The molecule has 0 bridgehead atoms. The van der Waals surface area contributed by atoms with Crippen LogP contribution in [0.3, 0.4) is 0 Å². The van der Waals surface area contributed by atoms with Crippen LogP contribution in [0.4, 0.5) is 0 Å². The average molecular weight is 439 g/mol. The van der Waals surface area contributed by atoms with E-state index in [1.807, 2.05) is 54.0 Å². The Hall–Kier alpha value is -2.70. The van der Waals surface area contributed by atoms with Crippen molar-refractivity contribution in [3.8, 4) is 5.75 Å². The van der Waals surface area contributed by atoms with E-state index < -0.39 is 0 Å². The molecule has 31 heavy (non-hydrogen) atoms. The van der Waals surface area contributed by atoms with Crippen molar-refractivity contribution in [3.63, 3.8) is 0 Å². The summed E-state index contributed by atoms with van der Waals surface area (Å²) in [6.45, 7) is 0.406. The summed E-state index contributed by atoms with van der Waals surface area (Å²) >= 11 is 5.01. The highest BCUT2D eigenvalue weighted by Crippen LogP contribution is 2.27. The Kier molecular flexibility index (Phi) is 9.06. The minimum absolute atomic E-state index is 0.0594. The largest absolute Gasteiger partial charge is 0.491 e. The zero-order valence-corrected chi connectivity index (χ0v) is 18.4. The van der Waals surface area contributed by atoms with Gasteiger partial charge in [-0.05, 0) is 48.2 Å². The summed E-state index contributed by atoms with van der Waals surface area (Å²) in [6.07, 6.45) is 10.6. The number of thiocarbonyl (C=S) groups is 1. The molecule has 2 aromatic rings. The van der Waals surface area contributed by atoms with Crippen molar-refractivity contribution in [2.75, 3.05) is 6.61 Å². The van der Waals surface area contributed by atoms with Crippen molar-refractivity contribution in [1.29, 1.82) is 0 Å². The maximum Gasteiger partial charge on any atom is 0.244 e. The number of carbonyl (C=O) groups excluding carboxylic acids is 1. The second kappa shape index (κ2) is 12.2. The standard InChI is InChI=1S/C25H30N2O3S/c28-24(16-11-19-7-3-1-4-8-19)26-22(17-20-9-5-2-6-10-20)18-30-23-14-12-21(13-15-23)25(31)27-29/h1,3-4,7-8,11-16,20,22,29H,2,5-6,9-10,17-18H2,(H,26,28)(H,27,31)/b16-11+/t22-/m0/s1. The summed E-state index contributed by atoms with van der Waals surface area (Å²) in [5.74, 6) is 1.21. The third-order valence-corrected chi connectivity index (χ3v) is 5.91. The van der Waals surface area contributed by atoms with Gasteiger partial charge in [0.05, 0.1) is 6.04 Å². The van der Waals surface area contributed by atoms with Crippen LogP contribution in [-0.4, -0.2) is 28.8 Å². The molecule has 2 aromatic carbocycles. The first-order chi connectivity index (χ1) is 15.1. The van der Waals surface area contributed by atoms with Crippen LogP contribution < -0.4 is 15.5 Å². The lowest BCUT2D eigenvalue weighted by Crippen LogP contribution is -2.40. The van der Waals surface area contributed by atoms with Crippen LogP contribution >= 0.6 is 12.2 Å². The van der Waals surface area contributed by atoms with E-state index in [9.17, 15) is 4.79 Å². The maximum absolute atomic E-state index is 12.5. The lowest BCUT2D eigenvalue weighted by molar-refractivity contribution is -0.117. The van der Waals surface area contributed by atoms with Gasteiger partial charge in [-0.1, -0.05) is 74.7 Å². The lowest BCUT2D eigenvalue weighted by atomic mass is 9.85. The van der Waals surface area contributed by atoms with Gasteiger partial charge < -0.3 is 10.1 Å². The molecule has 0 aliphatic heterocycles. The minimum atomic E-state index is -0.108. The fourth-order valence-electron chi connectivity index (χ4n) is 3.94. The summed E-state index contributed by atoms with van der Waals surface area (Å²) in [5, 5.41) is 12.1. The number of nitrogens with one attached hydrogen (secondary N) is 2. The number of rotatable bonds is 9. The molecule has 1 aliphatic carbocycles. The van der Waals surface area contributed by atoms with Crippen LogP contribution in [0.15, 0.2) is 60.7 Å². The number of benzene rings is 2. The molecule has 1 fully saturated rings. The third-order valence-electron chi connectivity index (χ3n) is 5.58. The summed E-state index contributed by atoms with van der Waals surface area (Å²) in [6, 6.07) is 16.9. The normalized spacial score (nSPS) is 15.4. The van der Waals surface area contributed by atoms with Gasteiger partial charge in [0.25, 0.3) is 0 Å². The molecule has 164 valence electrons. The Morgan fingerprint density at radius 3 is 2.48 bits per heavy atom. The molecule has 1 amide bonds. The van der Waals surface area contributed by atoms with E-state index in [1.54, 1.807) is 18.2 Å². The number of amides is 1. The Bertz CT molecular complexity index is 862. The Morgan fingerprint density at radius 2 is 1.81 bits per heavy atom. The van der Waals surface area contributed by atoms with Gasteiger partial charge >= 0.3 is 0 Å². The molecule has 0 aromatic heterocycles. The Balaban J connectivity index is 1.59. The van der Waals surface area contributed by atoms with E-state index in [1.165, 1.54) is 32.1 Å². The van der Waals surface area contributed by atoms with Crippen molar-refractivity contribution in [3.05, 3.63) is 71.8 Å². The van der Waals surface area contributed by atoms with E-state index in [0.717, 1.165) is 12.0 Å². The molecule has 3 rings (SSSR count). The second-order valence-electron chi connectivity index (χ2n) is 7.97. The predicted octanol–water partition coefficient (Wildman–Crippen LogP) is 4.89. The topological polar surface area (TPSA) is 70.6 Å². The van der Waals surface area contributed by atoms with E-state index in [0.29, 0.717) is 23.8 Å². The van der Waals surface area contributed by atoms with E-state index in [2.05, 4.69) is 5.32 Å². The van der Waals surface area contributed by atoms with Gasteiger partial charge in [-0.2, -0.15) is 0 Å². The van der Waals surface area contributed by atoms with Gasteiger partial charge in [-0.15, -0.1) is 0 Å². The molecule has 0 saturated heterocycles. The van der Waals surface area contributed by atoms with E-state index in [4.69, 9.17) is 22.2 Å². The zero-order valence-electron chi connectivity index (χ0n) is 17.6. The van der Waals surface area contributed by atoms with Gasteiger partial charge in [0.15, 0.2) is 0 Å². The highest BCUT2D eigenvalue weighted by molar-refractivity contribution is 7.80. The molecule has 1 atom stereocenters. The molecule has 5 nitrogen and oxygen atoms in total. The summed E-state index contributed by atoms with van der Waals surface area (Å²) < 4.78 is 5.98. The molecule has 3 N–H and O–H groups in total. The van der Waals surface area contributed by atoms with Gasteiger partial charge in [0, 0.05) is 11.6 Å². The number of ether oxygens (including phenoxy) is 1. The van der Waals surface area contributed by atoms with Crippen LogP contribution in [0, 0.1) is 5.92 Å². The van der Waals surface area contributed by atoms with Crippen molar-refractivity contribution < 1.29 is 14.7 Å². The van der Waals surface area contributed by atoms with Crippen LogP contribution in [0.2, 0.25) is 0 Å². The number of hydrogen-bond donors (Lipinski definition) is 3. The first-order valence-corrected chi connectivity index (χ1v) is 11.3. The monoisotopic (exact) mass is 438 g/mol. The summed E-state index contributed by atoms with van der Waals surface area (Å²) in [4.78, 5) is 12.8. The van der Waals surface area contributed by atoms with Gasteiger partial charge in [-0.3, -0.25) is 15.5 Å². The fourth-order valence-corrected chi connectivity index (χ4v) is 4.08. The van der Waals surface area contributed by atoms with Crippen LogP contribution in [0.1, 0.15) is 49.7 Å². The molecular weight excluding hydrogens is 408 g/mol. The number of hydroxylamine groups is 1. The minimum Gasteiger partial charge on any atom is -0.491 e. The van der Waals surface area contributed by atoms with Crippen molar-refractivity contribution in [2.24, 2.45) is 5.92 Å². The highest BCUT2D eigenvalue weighted by atomic mass is 32.1. The third kappa shape index (κ3) is 7.81. The summed E-state index contributed by atoms with van der Waals surface area (Å²) in [5.41, 5.74) is 3.68. The Labute approximate surface area is 189 Å². The molecule has 1 saturated carbocycles. The second-order valence-corrected chi connectivity index (χ2v) is 8.37. The first-order valence-electron chi connectivity index (χ1n) is 10.8. The quantitative estimate of drug-likeness (QED) is 0.295. The smallest absolute Gasteiger partial charge is 0.244 e. The number of hydrogen-bond acceptors (Lipinski definition) is 4. The van der Waals surface area contributed by atoms with Crippen LogP contribution in [-0.2, 0) is 4.79 Å². The predicted molar refractivity (Wildman–Crippen MR) is 127 cm³/mol. The number of carbonyl (C=O) groups is 1. The molecule has 0 heterocycles. The molecule has 6 heteroatoms. The van der Waals surface area contributed by atoms with Crippen LogP contribution in [0.25, 0.3) is 6.08 Å². The summed E-state index contributed by atoms with van der Waals surface area (Å²) in [7, 11) is 0. The van der Waals surface area contributed by atoms with Crippen molar-refractivity contribution in [1.82, 2.24) is 10.8 Å². The molecule has 1 aliphatic rings. The van der Waals surface area contributed by atoms with Gasteiger partial charge in [0.1, 0.15) is 17.3 Å². The molecular formula is C25H30N2O3S. The molecule has 0 unspecified atom stereocenters. The van der Waals surface area contributed by atoms with Gasteiger partial charge in [-0.25, -0.2) is 0 Å².